The highest BCUT2D eigenvalue weighted by atomic mass is 19.1. The Balaban J connectivity index is 1.14. The fourth-order valence-corrected chi connectivity index (χ4v) is 4.79. The Morgan fingerprint density at radius 2 is 1.77 bits per heavy atom. The van der Waals surface area contributed by atoms with Gasteiger partial charge in [0.2, 0.25) is 0 Å². The number of benzene rings is 2. The highest BCUT2D eigenvalue weighted by Crippen LogP contribution is 2.29. The summed E-state index contributed by atoms with van der Waals surface area (Å²) in [6.07, 6.45) is 4.44. The molecule has 2 aliphatic rings. The molecule has 2 fully saturated rings. The number of aromatic nitrogens is 2. The molecule has 39 heavy (non-hydrogen) atoms. The van der Waals surface area contributed by atoms with E-state index in [4.69, 9.17) is 14.2 Å². The van der Waals surface area contributed by atoms with Crippen LogP contribution in [0.2, 0.25) is 0 Å². The van der Waals surface area contributed by atoms with Gasteiger partial charge in [0.25, 0.3) is 0 Å². The van der Waals surface area contributed by atoms with Gasteiger partial charge in [0.1, 0.15) is 30.3 Å². The lowest BCUT2D eigenvalue weighted by Crippen LogP contribution is -2.38. The molecule has 0 unspecified atom stereocenters. The molecule has 11 heteroatoms. The summed E-state index contributed by atoms with van der Waals surface area (Å²) in [5.41, 5.74) is 1.80. The van der Waals surface area contributed by atoms with Gasteiger partial charge in [0.05, 0.1) is 24.1 Å². The van der Waals surface area contributed by atoms with Gasteiger partial charge in [-0.25, -0.2) is 19.2 Å². The SMILES string of the molecule is O=C(NCCC1CCOCC1)Nc1ccc(Nc2ncnc3cc(OCCN4CCOCC4)cc(F)c23)cc1. The van der Waals surface area contributed by atoms with Crippen LogP contribution in [0.25, 0.3) is 10.9 Å². The average Bonchev–Trinajstić information content (AvgIpc) is 2.95. The van der Waals surface area contributed by atoms with Crippen LogP contribution < -0.4 is 20.7 Å². The quantitative estimate of drug-likeness (QED) is 0.353. The van der Waals surface area contributed by atoms with Crippen molar-refractivity contribution in [1.82, 2.24) is 20.2 Å². The molecular formula is C28H35FN6O4. The fraction of sp³-hybridized carbons (Fsp3) is 0.464. The molecule has 0 radical (unpaired) electrons. The molecule has 2 amide bonds. The molecule has 0 aliphatic carbocycles. The Labute approximate surface area is 227 Å². The summed E-state index contributed by atoms with van der Waals surface area (Å²) >= 11 is 0. The van der Waals surface area contributed by atoms with E-state index in [2.05, 4.69) is 30.8 Å². The number of amides is 2. The second kappa shape index (κ2) is 13.5. The van der Waals surface area contributed by atoms with E-state index < -0.39 is 5.82 Å². The normalized spacial score (nSPS) is 16.6. The van der Waals surface area contributed by atoms with Gasteiger partial charge >= 0.3 is 6.03 Å². The van der Waals surface area contributed by atoms with Crippen molar-refractivity contribution in [2.75, 3.05) is 69.8 Å². The topological polar surface area (TPSA) is 110 Å². The van der Waals surface area contributed by atoms with Crippen molar-refractivity contribution in [2.45, 2.75) is 19.3 Å². The van der Waals surface area contributed by atoms with Gasteiger partial charge in [-0.05, 0) is 49.4 Å². The maximum absolute atomic E-state index is 15.1. The summed E-state index contributed by atoms with van der Waals surface area (Å²) < 4.78 is 31.7. The van der Waals surface area contributed by atoms with Crippen molar-refractivity contribution in [3.05, 3.63) is 48.5 Å². The molecule has 3 heterocycles. The first-order chi connectivity index (χ1) is 19.1. The molecule has 0 atom stereocenters. The number of carbonyl (C=O) groups is 1. The van der Waals surface area contributed by atoms with E-state index in [1.165, 1.54) is 12.4 Å². The predicted octanol–water partition coefficient (Wildman–Crippen LogP) is 4.16. The van der Waals surface area contributed by atoms with E-state index in [0.29, 0.717) is 47.5 Å². The number of halogens is 1. The van der Waals surface area contributed by atoms with Gasteiger partial charge in [-0.2, -0.15) is 0 Å². The first-order valence-corrected chi connectivity index (χ1v) is 13.5. The highest BCUT2D eigenvalue weighted by molar-refractivity contribution is 5.92. The van der Waals surface area contributed by atoms with Crippen LogP contribution in [0.5, 0.6) is 5.75 Å². The zero-order chi connectivity index (χ0) is 26.9. The van der Waals surface area contributed by atoms with Crippen LogP contribution in [0.1, 0.15) is 19.3 Å². The molecule has 3 N–H and O–H groups in total. The predicted molar refractivity (Wildman–Crippen MR) is 147 cm³/mol. The highest BCUT2D eigenvalue weighted by Gasteiger charge is 2.15. The summed E-state index contributed by atoms with van der Waals surface area (Å²) in [5.74, 6) is 0.919. The van der Waals surface area contributed by atoms with Crippen molar-refractivity contribution in [3.63, 3.8) is 0 Å². The molecule has 2 aliphatic heterocycles. The fourth-order valence-electron chi connectivity index (χ4n) is 4.79. The molecule has 0 bridgehead atoms. The van der Waals surface area contributed by atoms with Gasteiger partial charge in [0.15, 0.2) is 0 Å². The molecule has 2 saturated heterocycles. The largest absolute Gasteiger partial charge is 0.492 e. The average molecular weight is 539 g/mol. The van der Waals surface area contributed by atoms with Gasteiger partial charge in [-0.15, -0.1) is 0 Å². The second-order valence-corrected chi connectivity index (χ2v) is 9.75. The molecule has 3 aromatic rings. The Kier molecular flexibility index (Phi) is 9.36. The standard InChI is InChI=1S/C28H35FN6O4/c29-24-17-23(39-16-11-35-9-14-38-15-10-35)18-25-26(24)27(32-19-31-25)33-21-1-3-22(4-2-21)34-28(36)30-8-5-20-6-12-37-13-7-20/h1-4,17-20H,5-16H2,(H2,30,34,36)(H,31,32,33). The van der Waals surface area contributed by atoms with E-state index in [0.717, 1.165) is 65.3 Å². The van der Waals surface area contributed by atoms with Crippen molar-refractivity contribution < 1.29 is 23.4 Å². The number of nitrogens with one attached hydrogen (secondary N) is 3. The Bertz CT molecular complexity index is 1230. The van der Waals surface area contributed by atoms with Crippen LogP contribution in [0.4, 0.5) is 26.4 Å². The van der Waals surface area contributed by atoms with Crippen LogP contribution >= 0.6 is 0 Å². The number of nitrogens with zero attached hydrogens (tertiary/aromatic N) is 3. The number of hydrogen-bond donors (Lipinski definition) is 3. The van der Waals surface area contributed by atoms with Crippen molar-refractivity contribution in [1.29, 1.82) is 0 Å². The van der Waals surface area contributed by atoms with E-state index >= 15 is 4.39 Å². The summed E-state index contributed by atoms with van der Waals surface area (Å²) in [5, 5.41) is 9.19. The lowest BCUT2D eigenvalue weighted by molar-refractivity contribution is 0.0322. The van der Waals surface area contributed by atoms with Gasteiger partial charge in [-0.1, -0.05) is 0 Å². The summed E-state index contributed by atoms with van der Waals surface area (Å²) in [6, 6.07) is 10.00. The Morgan fingerprint density at radius 3 is 2.56 bits per heavy atom. The summed E-state index contributed by atoms with van der Waals surface area (Å²) in [6.45, 7) is 6.64. The maximum atomic E-state index is 15.1. The molecule has 1 aromatic heterocycles. The van der Waals surface area contributed by atoms with Crippen molar-refractivity contribution in [3.8, 4) is 5.75 Å². The first-order valence-electron chi connectivity index (χ1n) is 13.5. The molecular weight excluding hydrogens is 503 g/mol. The maximum Gasteiger partial charge on any atom is 0.319 e. The Morgan fingerprint density at radius 1 is 1.03 bits per heavy atom. The van der Waals surface area contributed by atoms with E-state index in [-0.39, 0.29) is 11.4 Å². The van der Waals surface area contributed by atoms with E-state index in [1.807, 2.05) is 0 Å². The number of morpholine rings is 1. The van der Waals surface area contributed by atoms with E-state index in [1.54, 1.807) is 30.3 Å². The van der Waals surface area contributed by atoms with E-state index in [9.17, 15) is 4.79 Å². The molecule has 5 rings (SSSR count). The minimum atomic E-state index is -0.465. The third-order valence-electron chi connectivity index (χ3n) is 7.03. The zero-order valence-corrected chi connectivity index (χ0v) is 22.0. The lowest BCUT2D eigenvalue weighted by atomic mass is 9.97. The van der Waals surface area contributed by atoms with Crippen LogP contribution in [-0.2, 0) is 9.47 Å². The second-order valence-electron chi connectivity index (χ2n) is 9.75. The number of urea groups is 1. The number of fused-ring (bicyclic) bond motifs is 1. The monoisotopic (exact) mass is 538 g/mol. The smallest absolute Gasteiger partial charge is 0.319 e. The van der Waals surface area contributed by atoms with Crippen LogP contribution in [0, 0.1) is 11.7 Å². The molecule has 2 aromatic carbocycles. The minimum absolute atomic E-state index is 0.241. The Hall–Kier alpha value is -3.54. The first kappa shape index (κ1) is 27.0. The number of hydrogen-bond acceptors (Lipinski definition) is 8. The molecule has 0 saturated carbocycles. The van der Waals surface area contributed by atoms with Crippen LogP contribution in [-0.4, -0.2) is 80.1 Å². The third-order valence-corrected chi connectivity index (χ3v) is 7.03. The van der Waals surface area contributed by atoms with Gasteiger partial charge < -0.3 is 30.2 Å². The van der Waals surface area contributed by atoms with Crippen LogP contribution in [0.3, 0.4) is 0 Å². The van der Waals surface area contributed by atoms with Crippen molar-refractivity contribution in [2.24, 2.45) is 5.92 Å². The number of carbonyl (C=O) groups excluding carboxylic acids is 1. The van der Waals surface area contributed by atoms with Crippen molar-refractivity contribution >= 4 is 34.1 Å². The lowest BCUT2D eigenvalue weighted by Gasteiger charge is -2.26. The summed E-state index contributed by atoms with van der Waals surface area (Å²) in [4.78, 5) is 23.0. The van der Waals surface area contributed by atoms with Gasteiger partial charge in [-0.3, -0.25) is 4.90 Å². The third kappa shape index (κ3) is 7.75. The molecule has 10 nitrogen and oxygen atoms in total. The number of rotatable bonds is 10. The molecule has 0 spiro atoms. The van der Waals surface area contributed by atoms with Crippen LogP contribution in [0.15, 0.2) is 42.7 Å². The van der Waals surface area contributed by atoms with Gasteiger partial charge in [0, 0.05) is 62.9 Å². The number of anilines is 3. The summed E-state index contributed by atoms with van der Waals surface area (Å²) in [7, 11) is 0. The number of ether oxygens (including phenoxy) is 3. The minimum Gasteiger partial charge on any atom is -0.492 e. The molecule has 208 valence electrons. The zero-order valence-electron chi connectivity index (χ0n) is 22.0.